The molecule has 0 aliphatic carbocycles. The number of thiazole rings is 1. The zero-order valence-electron chi connectivity index (χ0n) is 19.1. The summed E-state index contributed by atoms with van der Waals surface area (Å²) in [5.41, 5.74) is 7.71. The molecule has 2 aromatic heterocycles. The van der Waals surface area contributed by atoms with Crippen molar-refractivity contribution in [1.29, 1.82) is 0 Å². The van der Waals surface area contributed by atoms with Gasteiger partial charge in [0, 0.05) is 5.75 Å². The number of carbonyl (C=O) groups excluding carboxylic acids is 2. The van der Waals surface area contributed by atoms with Crippen molar-refractivity contribution < 1.29 is 14.3 Å². The number of nitrogens with two attached hydrogens (primary N) is 1. The number of anilines is 2. The average Bonchev–Trinajstić information content (AvgIpc) is 3.34. The largest absolute Gasteiger partial charge is 0.461 e. The van der Waals surface area contributed by atoms with Gasteiger partial charge in [-0.05, 0) is 24.8 Å². The standard InChI is InChI=1S/C22H28N6O3S2/c1-5-16(28-20(23)26-27-22(28)32-12-15-9-7-6-8-10-15)18(29)25-21-24-14(4)17(33-21)19(30)31-11-13(2)3/h6-10,13,16H,5,11-12H2,1-4H3,(H2,23,26)(H,24,25,29). The van der Waals surface area contributed by atoms with Gasteiger partial charge < -0.3 is 15.8 Å². The minimum Gasteiger partial charge on any atom is -0.461 e. The van der Waals surface area contributed by atoms with E-state index in [-0.39, 0.29) is 17.8 Å². The third kappa shape index (κ3) is 6.32. The average molecular weight is 489 g/mol. The Balaban J connectivity index is 1.73. The molecule has 33 heavy (non-hydrogen) atoms. The topological polar surface area (TPSA) is 125 Å². The first-order valence-electron chi connectivity index (χ1n) is 10.6. The van der Waals surface area contributed by atoms with Gasteiger partial charge in [-0.2, -0.15) is 0 Å². The quantitative estimate of drug-likeness (QED) is 0.319. The van der Waals surface area contributed by atoms with Crippen molar-refractivity contribution in [2.45, 2.75) is 51.1 Å². The molecule has 1 aromatic carbocycles. The summed E-state index contributed by atoms with van der Waals surface area (Å²) < 4.78 is 6.93. The number of carbonyl (C=O) groups is 2. The molecule has 0 saturated heterocycles. The smallest absolute Gasteiger partial charge is 0.350 e. The monoisotopic (exact) mass is 488 g/mol. The van der Waals surface area contributed by atoms with Crippen molar-refractivity contribution in [1.82, 2.24) is 19.7 Å². The Morgan fingerprint density at radius 1 is 1.24 bits per heavy atom. The second-order valence-electron chi connectivity index (χ2n) is 7.82. The summed E-state index contributed by atoms with van der Waals surface area (Å²) in [7, 11) is 0. The van der Waals surface area contributed by atoms with E-state index in [9.17, 15) is 9.59 Å². The Morgan fingerprint density at radius 2 is 1.97 bits per heavy atom. The maximum atomic E-state index is 13.1. The van der Waals surface area contributed by atoms with Gasteiger partial charge in [0.2, 0.25) is 11.9 Å². The van der Waals surface area contributed by atoms with E-state index < -0.39 is 12.0 Å². The lowest BCUT2D eigenvalue weighted by Crippen LogP contribution is -2.27. The second kappa shape index (κ2) is 11.3. The van der Waals surface area contributed by atoms with Crippen LogP contribution in [0.15, 0.2) is 35.5 Å². The number of aromatic nitrogens is 4. The SMILES string of the molecule is CCC(C(=O)Nc1nc(C)c(C(=O)OCC(C)C)s1)n1c(N)nnc1SCc1ccccc1. The lowest BCUT2D eigenvalue weighted by molar-refractivity contribution is -0.119. The predicted molar refractivity (Wildman–Crippen MR) is 130 cm³/mol. The highest BCUT2D eigenvalue weighted by atomic mass is 32.2. The van der Waals surface area contributed by atoms with Gasteiger partial charge in [-0.25, -0.2) is 9.78 Å². The molecule has 11 heteroatoms. The van der Waals surface area contributed by atoms with Gasteiger partial charge in [-0.1, -0.05) is 74.2 Å². The molecular weight excluding hydrogens is 460 g/mol. The van der Waals surface area contributed by atoms with Gasteiger partial charge >= 0.3 is 5.97 Å². The van der Waals surface area contributed by atoms with E-state index in [0.717, 1.165) is 16.9 Å². The molecule has 9 nitrogen and oxygen atoms in total. The molecule has 0 radical (unpaired) electrons. The molecule has 3 rings (SSSR count). The number of nitrogen functional groups attached to an aromatic ring is 1. The number of nitrogens with zero attached hydrogens (tertiary/aromatic N) is 4. The van der Waals surface area contributed by atoms with E-state index in [1.54, 1.807) is 11.5 Å². The molecule has 1 amide bonds. The molecule has 0 aliphatic heterocycles. The van der Waals surface area contributed by atoms with Crippen molar-refractivity contribution in [2.24, 2.45) is 5.92 Å². The predicted octanol–water partition coefficient (Wildman–Crippen LogP) is 4.32. The minimum atomic E-state index is -0.626. The van der Waals surface area contributed by atoms with E-state index in [2.05, 4.69) is 20.5 Å². The molecule has 3 aromatic rings. The Kier molecular flexibility index (Phi) is 8.45. The first-order valence-corrected chi connectivity index (χ1v) is 12.4. The number of thioether (sulfide) groups is 1. The highest BCUT2D eigenvalue weighted by Gasteiger charge is 2.27. The van der Waals surface area contributed by atoms with Crippen LogP contribution in [0, 0.1) is 12.8 Å². The lowest BCUT2D eigenvalue weighted by Gasteiger charge is -2.18. The van der Waals surface area contributed by atoms with Gasteiger partial charge in [-0.15, -0.1) is 10.2 Å². The van der Waals surface area contributed by atoms with Gasteiger partial charge in [-0.3, -0.25) is 9.36 Å². The fourth-order valence-corrected chi connectivity index (χ4v) is 4.83. The summed E-state index contributed by atoms with van der Waals surface area (Å²) in [6.07, 6.45) is 0.473. The van der Waals surface area contributed by atoms with Crippen LogP contribution in [0.3, 0.4) is 0 Å². The second-order valence-corrected chi connectivity index (χ2v) is 9.77. The van der Waals surface area contributed by atoms with Crippen molar-refractivity contribution >= 4 is 46.1 Å². The molecule has 0 bridgehead atoms. The molecular formula is C22H28N6O3S2. The van der Waals surface area contributed by atoms with Crippen molar-refractivity contribution in [3.8, 4) is 0 Å². The Bertz CT molecular complexity index is 1100. The fourth-order valence-electron chi connectivity index (χ4n) is 3.02. The van der Waals surface area contributed by atoms with Gasteiger partial charge in [0.1, 0.15) is 10.9 Å². The number of esters is 1. The van der Waals surface area contributed by atoms with Crippen molar-refractivity contribution in [3.05, 3.63) is 46.5 Å². The number of hydrogen-bond acceptors (Lipinski definition) is 9. The Morgan fingerprint density at radius 3 is 2.64 bits per heavy atom. The molecule has 1 atom stereocenters. The zero-order valence-corrected chi connectivity index (χ0v) is 20.7. The van der Waals surface area contributed by atoms with Crippen LogP contribution in [-0.2, 0) is 15.3 Å². The summed E-state index contributed by atoms with van der Waals surface area (Å²) in [6, 6.07) is 9.33. The summed E-state index contributed by atoms with van der Waals surface area (Å²) in [6.45, 7) is 7.85. The number of aryl methyl sites for hydroxylation is 1. The summed E-state index contributed by atoms with van der Waals surface area (Å²) in [5, 5.41) is 11.8. The molecule has 1 unspecified atom stereocenters. The normalized spacial score (nSPS) is 12.0. The van der Waals surface area contributed by atoms with Gasteiger partial charge in [0.05, 0.1) is 12.3 Å². The van der Waals surface area contributed by atoms with E-state index in [1.807, 2.05) is 51.1 Å². The minimum absolute atomic E-state index is 0.167. The Labute approximate surface area is 201 Å². The molecule has 0 spiro atoms. The van der Waals surface area contributed by atoms with Crippen LogP contribution in [0.4, 0.5) is 11.1 Å². The van der Waals surface area contributed by atoms with E-state index in [0.29, 0.717) is 39.6 Å². The third-order valence-corrected chi connectivity index (χ3v) is 6.73. The van der Waals surface area contributed by atoms with Crippen LogP contribution in [0.1, 0.15) is 54.2 Å². The fraction of sp³-hybridized carbons (Fsp3) is 0.409. The van der Waals surface area contributed by atoms with Gasteiger partial charge in [0.15, 0.2) is 10.3 Å². The number of ether oxygens (including phenoxy) is 1. The van der Waals surface area contributed by atoms with Crippen LogP contribution in [-0.4, -0.2) is 38.2 Å². The first kappa shape index (κ1) is 24.7. The number of hydrogen-bond donors (Lipinski definition) is 2. The number of nitrogens with one attached hydrogen (secondary N) is 1. The number of amides is 1. The van der Waals surface area contributed by atoms with Crippen LogP contribution in [0.2, 0.25) is 0 Å². The molecule has 0 saturated carbocycles. The van der Waals surface area contributed by atoms with E-state index >= 15 is 0 Å². The van der Waals surface area contributed by atoms with E-state index in [1.165, 1.54) is 11.8 Å². The number of benzene rings is 1. The van der Waals surface area contributed by atoms with Gasteiger partial charge in [0.25, 0.3) is 0 Å². The lowest BCUT2D eigenvalue weighted by atomic mass is 10.2. The van der Waals surface area contributed by atoms with E-state index in [4.69, 9.17) is 10.5 Å². The van der Waals surface area contributed by atoms with Crippen molar-refractivity contribution in [3.63, 3.8) is 0 Å². The summed E-state index contributed by atoms with van der Waals surface area (Å²) in [4.78, 5) is 30.1. The summed E-state index contributed by atoms with van der Waals surface area (Å²) >= 11 is 2.56. The molecule has 0 aliphatic rings. The molecule has 2 heterocycles. The number of rotatable bonds is 10. The highest BCUT2D eigenvalue weighted by molar-refractivity contribution is 7.98. The summed E-state index contributed by atoms with van der Waals surface area (Å²) in [5.74, 6) is 0.330. The van der Waals surface area contributed by atoms with Crippen LogP contribution < -0.4 is 11.1 Å². The molecule has 176 valence electrons. The van der Waals surface area contributed by atoms with Crippen LogP contribution in [0.5, 0.6) is 0 Å². The first-order chi connectivity index (χ1) is 15.8. The molecule has 0 fully saturated rings. The molecule has 3 N–H and O–H groups in total. The van der Waals surface area contributed by atoms with Crippen LogP contribution >= 0.6 is 23.1 Å². The zero-order chi connectivity index (χ0) is 24.0. The maximum absolute atomic E-state index is 13.1. The Hall–Kier alpha value is -2.92. The van der Waals surface area contributed by atoms with Crippen molar-refractivity contribution in [2.75, 3.05) is 17.7 Å². The maximum Gasteiger partial charge on any atom is 0.350 e. The highest BCUT2D eigenvalue weighted by Crippen LogP contribution is 2.29. The van der Waals surface area contributed by atoms with Crippen LogP contribution in [0.25, 0.3) is 0 Å². The third-order valence-electron chi connectivity index (χ3n) is 4.66.